The van der Waals surface area contributed by atoms with Gasteiger partial charge < -0.3 is 0 Å². The lowest BCUT2D eigenvalue weighted by Gasteiger charge is -2.05. The second kappa shape index (κ2) is 12.2. The summed E-state index contributed by atoms with van der Waals surface area (Å²) in [5.74, 6) is -1.18. The molecule has 2 aromatic carbocycles. The summed E-state index contributed by atoms with van der Waals surface area (Å²) in [6.45, 7) is 4.31. The van der Waals surface area contributed by atoms with Crippen LogP contribution >= 0.6 is 0 Å². The zero-order valence-electron chi connectivity index (χ0n) is 16.9. The van der Waals surface area contributed by atoms with Gasteiger partial charge in [-0.2, -0.15) is 10.2 Å². The molecule has 0 aromatic heterocycles. The fraction of sp³-hybridized carbons (Fsp3) is 0.417. The number of hydrogen-bond acceptors (Lipinski definition) is 2. The molecule has 0 N–H and O–H groups in total. The zero-order valence-corrected chi connectivity index (χ0v) is 16.9. The molecule has 0 atom stereocenters. The van der Waals surface area contributed by atoms with Gasteiger partial charge in [0.2, 0.25) is 0 Å². The molecule has 0 aliphatic heterocycles. The van der Waals surface area contributed by atoms with Gasteiger partial charge in [0.15, 0.2) is 0 Å². The van der Waals surface area contributed by atoms with Crippen molar-refractivity contribution in [3.05, 3.63) is 70.3 Å². The normalized spacial score (nSPS) is 11.7. The lowest BCUT2D eigenvalue weighted by Crippen LogP contribution is -1.98. The van der Waals surface area contributed by atoms with Crippen molar-refractivity contribution in [3.63, 3.8) is 0 Å². The molecule has 0 saturated carbocycles. The Bertz CT molecular complexity index is 757. The van der Waals surface area contributed by atoms with E-state index in [0.29, 0.717) is 12.0 Å². The van der Waals surface area contributed by atoms with E-state index in [0.717, 1.165) is 37.5 Å². The minimum Gasteiger partial charge on any atom is -0.206 e. The van der Waals surface area contributed by atoms with Gasteiger partial charge in [0.05, 0.1) is 18.0 Å². The van der Waals surface area contributed by atoms with Gasteiger partial charge in [-0.05, 0) is 48.1 Å². The number of benzene rings is 2. The van der Waals surface area contributed by atoms with Crippen LogP contribution in [0.1, 0.15) is 74.6 Å². The Balaban J connectivity index is 1.93. The first-order valence-corrected chi connectivity index (χ1v) is 10.3. The van der Waals surface area contributed by atoms with Gasteiger partial charge in [0, 0.05) is 0 Å². The Hall–Kier alpha value is -2.36. The van der Waals surface area contributed by atoms with Crippen LogP contribution < -0.4 is 0 Å². The van der Waals surface area contributed by atoms with Crippen LogP contribution in [0, 0.1) is 11.6 Å². The van der Waals surface area contributed by atoms with E-state index >= 15 is 0 Å². The molecule has 0 spiro atoms. The number of aryl methyl sites for hydroxylation is 2. The lowest BCUT2D eigenvalue weighted by atomic mass is 10.0. The number of nitrogens with zero attached hydrogens (tertiary/aromatic N) is 2. The van der Waals surface area contributed by atoms with Crippen molar-refractivity contribution in [1.82, 2.24) is 0 Å². The second-order valence-electron chi connectivity index (χ2n) is 7.12. The minimum absolute atomic E-state index is 0.148. The van der Waals surface area contributed by atoms with Crippen molar-refractivity contribution >= 4 is 12.4 Å². The summed E-state index contributed by atoms with van der Waals surface area (Å²) in [5.41, 5.74) is 2.72. The number of unbranched alkanes of at least 4 members (excludes halogenated alkanes) is 4. The first-order chi connectivity index (χ1) is 13.6. The summed E-state index contributed by atoms with van der Waals surface area (Å²) in [7, 11) is 0. The Morgan fingerprint density at radius 2 is 1.36 bits per heavy atom. The molecule has 2 nitrogen and oxygen atoms in total. The van der Waals surface area contributed by atoms with E-state index in [-0.39, 0.29) is 5.56 Å². The molecule has 0 heterocycles. The Morgan fingerprint density at radius 3 is 2.00 bits per heavy atom. The van der Waals surface area contributed by atoms with Crippen molar-refractivity contribution in [1.29, 1.82) is 0 Å². The Kier molecular flexibility index (Phi) is 9.53. The highest BCUT2D eigenvalue weighted by Crippen LogP contribution is 2.16. The molecular weight excluding hydrogens is 354 g/mol. The van der Waals surface area contributed by atoms with Crippen LogP contribution in [0.25, 0.3) is 0 Å². The summed E-state index contributed by atoms with van der Waals surface area (Å²) >= 11 is 0. The van der Waals surface area contributed by atoms with Crippen LogP contribution in [-0.4, -0.2) is 12.4 Å². The third-order valence-electron chi connectivity index (χ3n) is 4.69. The molecule has 0 unspecified atom stereocenters. The SMILES string of the molecule is CCCCCCCc1cc(F)c(/C=N/N=C/c2ccc(CCC)cc2)c(F)c1. The van der Waals surface area contributed by atoms with Gasteiger partial charge >= 0.3 is 0 Å². The predicted molar refractivity (Wildman–Crippen MR) is 114 cm³/mol. The molecule has 0 aliphatic carbocycles. The monoisotopic (exact) mass is 384 g/mol. The molecule has 28 heavy (non-hydrogen) atoms. The molecule has 2 rings (SSSR count). The van der Waals surface area contributed by atoms with Crippen molar-refractivity contribution in [2.24, 2.45) is 10.2 Å². The highest BCUT2D eigenvalue weighted by Gasteiger charge is 2.09. The first-order valence-electron chi connectivity index (χ1n) is 10.3. The molecule has 4 heteroatoms. The highest BCUT2D eigenvalue weighted by molar-refractivity contribution is 5.83. The van der Waals surface area contributed by atoms with E-state index in [1.54, 1.807) is 6.21 Å². The number of hydrogen-bond donors (Lipinski definition) is 0. The van der Waals surface area contributed by atoms with Crippen LogP contribution in [0.2, 0.25) is 0 Å². The second-order valence-corrected chi connectivity index (χ2v) is 7.12. The van der Waals surface area contributed by atoms with Gasteiger partial charge in [-0.15, -0.1) is 0 Å². The van der Waals surface area contributed by atoms with E-state index in [9.17, 15) is 8.78 Å². The van der Waals surface area contributed by atoms with Gasteiger partial charge in [0.1, 0.15) is 11.6 Å². The lowest BCUT2D eigenvalue weighted by molar-refractivity contribution is 0.572. The first kappa shape index (κ1) is 21.9. The van der Waals surface area contributed by atoms with Gasteiger partial charge in [-0.1, -0.05) is 70.2 Å². The Labute approximate surface area is 167 Å². The average Bonchev–Trinajstić information content (AvgIpc) is 2.68. The molecule has 150 valence electrons. The summed E-state index contributed by atoms with van der Waals surface area (Å²) in [6, 6.07) is 10.8. The molecule has 0 amide bonds. The van der Waals surface area contributed by atoms with Gasteiger partial charge in [-0.25, -0.2) is 8.78 Å². The summed E-state index contributed by atoms with van der Waals surface area (Å²) in [6.07, 6.45) is 11.2. The van der Waals surface area contributed by atoms with Crippen LogP contribution in [0.15, 0.2) is 46.6 Å². The maximum Gasteiger partial charge on any atom is 0.135 e. The van der Waals surface area contributed by atoms with Crippen molar-refractivity contribution in [3.8, 4) is 0 Å². The molecule has 2 aromatic rings. The molecule has 0 bridgehead atoms. The maximum atomic E-state index is 14.2. The third-order valence-corrected chi connectivity index (χ3v) is 4.69. The smallest absolute Gasteiger partial charge is 0.135 e. The van der Waals surface area contributed by atoms with E-state index in [4.69, 9.17) is 0 Å². The molecule has 0 aliphatic rings. The fourth-order valence-electron chi connectivity index (χ4n) is 3.09. The minimum atomic E-state index is -0.591. The average molecular weight is 385 g/mol. The van der Waals surface area contributed by atoms with E-state index < -0.39 is 11.6 Å². The maximum absolute atomic E-state index is 14.2. The summed E-state index contributed by atoms with van der Waals surface area (Å²) in [4.78, 5) is 0. The third kappa shape index (κ3) is 7.34. The van der Waals surface area contributed by atoms with Crippen molar-refractivity contribution < 1.29 is 8.78 Å². The van der Waals surface area contributed by atoms with Crippen molar-refractivity contribution in [2.75, 3.05) is 0 Å². The van der Waals surface area contributed by atoms with E-state index in [2.05, 4.69) is 36.2 Å². The van der Waals surface area contributed by atoms with Gasteiger partial charge in [0.25, 0.3) is 0 Å². The standard InChI is InChI=1S/C24H30F2N2/c1-3-5-6-7-8-10-21-15-23(25)22(24(26)16-21)18-28-27-17-20-13-11-19(9-4-2)12-14-20/h11-18H,3-10H2,1-2H3/b27-17+,28-18+. The molecular formula is C24H30F2N2. The van der Waals surface area contributed by atoms with Crippen LogP contribution in [-0.2, 0) is 12.8 Å². The molecule has 0 radical (unpaired) electrons. The van der Waals surface area contributed by atoms with E-state index in [1.165, 1.54) is 37.0 Å². The quantitative estimate of drug-likeness (QED) is 0.229. The van der Waals surface area contributed by atoms with E-state index in [1.807, 2.05) is 12.1 Å². The van der Waals surface area contributed by atoms with Crippen LogP contribution in [0.4, 0.5) is 8.78 Å². The summed E-state index contributed by atoms with van der Waals surface area (Å²) in [5, 5.41) is 7.71. The molecule has 0 saturated heterocycles. The molecule has 0 fully saturated rings. The number of rotatable bonds is 11. The van der Waals surface area contributed by atoms with Gasteiger partial charge in [-0.3, -0.25) is 0 Å². The summed E-state index contributed by atoms with van der Waals surface area (Å²) < 4.78 is 28.4. The van der Waals surface area contributed by atoms with Crippen LogP contribution in [0.3, 0.4) is 0 Å². The van der Waals surface area contributed by atoms with Crippen LogP contribution in [0.5, 0.6) is 0 Å². The fourth-order valence-corrected chi connectivity index (χ4v) is 3.09. The predicted octanol–water partition coefficient (Wildman–Crippen LogP) is 6.88. The highest BCUT2D eigenvalue weighted by atomic mass is 19.1. The number of halogens is 2. The topological polar surface area (TPSA) is 24.7 Å². The van der Waals surface area contributed by atoms with Crippen molar-refractivity contribution in [2.45, 2.75) is 65.2 Å². The zero-order chi connectivity index (χ0) is 20.2. The Morgan fingerprint density at radius 1 is 0.714 bits per heavy atom. The largest absolute Gasteiger partial charge is 0.206 e.